The van der Waals surface area contributed by atoms with Gasteiger partial charge in [-0.15, -0.1) is 6.58 Å². The van der Waals surface area contributed by atoms with Gasteiger partial charge < -0.3 is 10.2 Å². The quantitative estimate of drug-likeness (QED) is 0.602. The van der Waals surface area contributed by atoms with Crippen LogP contribution in [0, 0.1) is 0 Å². The van der Waals surface area contributed by atoms with E-state index in [9.17, 15) is 4.79 Å². The predicted molar refractivity (Wildman–Crippen MR) is 109 cm³/mol. The van der Waals surface area contributed by atoms with Crippen LogP contribution in [0.4, 0.5) is 4.79 Å². The van der Waals surface area contributed by atoms with Gasteiger partial charge in [-0.1, -0.05) is 73.1 Å². The summed E-state index contributed by atoms with van der Waals surface area (Å²) in [6.45, 7) is 10.3. The number of carbonyl (C=O) groups is 1. The van der Waals surface area contributed by atoms with Crippen molar-refractivity contribution in [2.75, 3.05) is 6.54 Å². The van der Waals surface area contributed by atoms with Gasteiger partial charge in [0.25, 0.3) is 0 Å². The van der Waals surface area contributed by atoms with Crippen molar-refractivity contribution in [3.8, 4) is 0 Å². The molecule has 0 heterocycles. The summed E-state index contributed by atoms with van der Waals surface area (Å²) in [5, 5.41) is 3.87. The molecule has 0 saturated heterocycles. The lowest BCUT2D eigenvalue weighted by Gasteiger charge is -2.36. The first-order chi connectivity index (χ1) is 12.4. The van der Waals surface area contributed by atoms with Crippen LogP contribution in [0.15, 0.2) is 67.3 Å². The van der Waals surface area contributed by atoms with Crippen molar-refractivity contribution >= 4 is 17.6 Å². The molecule has 0 aromatic heterocycles. The number of nitrogens with zero attached hydrogens (tertiary/aromatic N) is 1. The fourth-order valence-corrected chi connectivity index (χ4v) is 3.31. The van der Waals surface area contributed by atoms with Gasteiger partial charge in [-0.3, -0.25) is 0 Å². The molecular formula is C22H27ClN2O. The average molecular weight is 371 g/mol. The number of benzene rings is 2. The maximum Gasteiger partial charge on any atom is 0.318 e. The maximum absolute atomic E-state index is 13.1. The molecule has 2 unspecified atom stereocenters. The molecule has 138 valence electrons. The van der Waals surface area contributed by atoms with Crippen molar-refractivity contribution < 1.29 is 4.79 Å². The highest BCUT2D eigenvalue weighted by Crippen LogP contribution is 2.29. The summed E-state index contributed by atoms with van der Waals surface area (Å²) in [6, 6.07) is 17.4. The summed E-state index contributed by atoms with van der Waals surface area (Å²) in [6.07, 6.45) is 2.52. The maximum atomic E-state index is 13.1. The van der Waals surface area contributed by atoms with Gasteiger partial charge >= 0.3 is 6.03 Å². The van der Waals surface area contributed by atoms with Crippen LogP contribution in [0.3, 0.4) is 0 Å². The Balaban J connectivity index is 2.28. The molecular weight excluding hydrogens is 344 g/mol. The summed E-state index contributed by atoms with van der Waals surface area (Å²) in [7, 11) is 0. The fraction of sp³-hybridized carbons (Fsp3) is 0.318. The van der Waals surface area contributed by atoms with Crippen molar-refractivity contribution in [2.24, 2.45) is 0 Å². The minimum absolute atomic E-state index is 0.134. The average Bonchev–Trinajstić information content (AvgIpc) is 2.66. The van der Waals surface area contributed by atoms with Crippen LogP contribution in [0.1, 0.15) is 44.4 Å². The van der Waals surface area contributed by atoms with E-state index in [4.69, 9.17) is 11.6 Å². The zero-order chi connectivity index (χ0) is 19.2. The molecule has 0 aliphatic heterocycles. The van der Waals surface area contributed by atoms with Gasteiger partial charge in [0.2, 0.25) is 0 Å². The van der Waals surface area contributed by atoms with Crippen molar-refractivity contribution in [2.45, 2.75) is 38.8 Å². The van der Waals surface area contributed by atoms with Crippen LogP contribution < -0.4 is 5.32 Å². The lowest BCUT2D eigenvalue weighted by molar-refractivity contribution is 0.172. The molecule has 2 aromatic rings. The predicted octanol–water partition coefficient (Wildman–Crippen LogP) is 5.92. The minimum Gasteiger partial charge on any atom is -0.329 e. The van der Waals surface area contributed by atoms with Crippen LogP contribution in [0.2, 0.25) is 5.02 Å². The molecule has 0 fully saturated rings. The van der Waals surface area contributed by atoms with Gasteiger partial charge in [0.1, 0.15) is 0 Å². The SMILES string of the molecule is C=CCN(C(=O)NC(C)(CC)c1ccccc1)C(C)c1ccccc1Cl. The summed E-state index contributed by atoms with van der Waals surface area (Å²) < 4.78 is 0. The standard InChI is InChI=1S/C22H27ClN2O/c1-5-16-25(17(3)19-14-10-11-15-20(19)23)21(26)24-22(4,6-2)18-12-8-7-9-13-18/h5,7-15,17H,1,6,16H2,2-4H3,(H,24,26). The molecule has 0 aliphatic carbocycles. The molecule has 2 aromatic carbocycles. The normalized spacial score (nSPS) is 14.2. The smallest absolute Gasteiger partial charge is 0.318 e. The van der Waals surface area contributed by atoms with Gasteiger partial charge in [-0.25, -0.2) is 4.79 Å². The van der Waals surface area contributed by atoms with Crippen LogP contribution in [-0.4, -0.2) is 17.5 Å². The van der Waals surface area contributed by atoms with E-state index in [0.717, 1.165) is 17.5 Å². The monoisotopic (exact) mass is 370 g/mol. The van der Waals surface area contributed by atoms with E-state index < -0.39 is 5.54 Å². The highest BCUT2D eigenvalue weighted by atomic mass is 35.5. The van der Waals surface area contributed by atoms with E-state index in [1.54, 1.807) is 11.0 Å². The number of carbonyl (C=O) groups excluding carboxylic acids is 1. The lowest BCUT2D eigenvalue weighted by Crippen LogP contribution is -2.50. The van der Waals surface area contributed by atoms with Crippen LogP contribution in [0.25, 0.3) is 0 Å². The number of halogens is 1. The molecule has 2 atom stereocenters. The second-order valence-electron chi connectivity index (χ2n) is 6.62. The second-order valence-corrected chi connectivity index (χ2v) is 7.03. The van der Waals surface area contributed by atoms with Crippen molar-refractivity contribution in [1.82, 2.24) is 10.2 Å². The number of hydrogen-bond acceptors (Lipinski definition) is 1. The van der Waals surface area contributed by atoms with Crippen molar-refractivity contribution in [3.05, 3.63) is 83.4 Å². The molecule has 0 bridgehead atoms. The molecule has 2 rings (SSSR count). The summed E-state index contributed by atoms with van der Waals surface area (Å²) >= 11 is 6.34. The van der Waals surface area contributed by atoms with E-state index in [1.165, 1.54) is 0 Å². The van der Waals surface area contributed by atoms with Gasteiger partial charge in [0.15, 0.2) is 0 Å². The van der Waals surface area contributed by atoms with Crippen molar-refractivity contribution in [1.29, 1.82) is 0 Å². The van der Waals surface area contributed by atoms with Gasteiger partial charge in [0.05, 0.1) is 11.6 Å². The molecule has 4 heteroatoms. The first-order valence-electron chi connectivity index (χ1n) is 8.92. The van der Waals surface area contributed by atoms with Crippen LogP contribution in [0.5, 0.6) is 0 Å². The topological polar surface area (TPSA) is 32.3 Å². The van der Waals surface area contributed by atoms with Crippen LogP contribution >= 0.6 is 11.6 Å². The number of urea groups is 1. The lowest BCUT2D eigenvalue weighted by atomic mass is 9.89. The number of nitrogens with one attached hydrogen (secondary N) is 1. The molecule has 2 amide bonds. The molecule has 3 nitrogen and oxygen atoms in total. The Bertz CT molecular complexity index is 747. The Morgan fingerprint density at radius 3 is 2.42 bits per heavy atom. The fourth-order valence-electron chi connectivity index (χ4n) is 3.02. The zero-order valence-corrected chi connectivity index (χ0v) is 16.5. The van der Waals surface area contributed by atoms with Gasteiger partial charge in [-0.05, 0) is 37.5 Å². The highest BCUT2D eigenvalue weighted by molar-refractivity contribution is 6.31. The van der Waals surface area contributed by atoms with Gasteiger partial charge in [0, 0.05) is 11.6 Å². The Kier molecular flexibility index (Phi) is 6.87. The summed E-state index contributed by atoms with van der Waals surface area (Å²) in [5.41, 5.74) is 1.56. The largest absolute Gasteiger partial charge is 0.329 e. The highest BCUT2D eigenvalue weighted by Gasteiger charge is 2.30. The van der Waals surface area contributed by atoms with Gasteiger partial charge in [-0.2, -0.15) is 0 Å². The van der Waals surface area contributed by atoms with Crippen molar-refractivity contribution in [3.63, 3.8) is 0 Å². The van der Waals surface area contributed by atoms with E-state index >= 15 is 0 Å². The zero-order valence-electron chi connectivity index (χ0n) is 15.7. The third kappa shape index (κ3) is 4.47. The Morgan fingerprint density at radius 2 is 1.85 bits per heavy atom. The Labute approximate surface area is 161 Å². The van der Waals surface area contributed by atoms with Crippen LogP contribution in [-0.2, 0) is 5.54 Å². The molecule has 0 radical (unpaired) electrons. The van der Waals surface area contributed by atoms with E-state index in [1.807, 2.05) is 68.4 Å². The first-order valence-corrected chi connectivity index (χ1v) is 9.30. The van der Waals surface area contributed by atoms with E-state index in [0.29, 0.717) is 11.6 Å². The number of rotatable bonds is 7. The minimum atomic E-state index is -0.446. The second kappa shape index (κ2) is 8.91. The van der Waals surface area contributed by atoms with E-state index in [2.05, 4.69) is 18.8 Å². The molecule has 0 saturated carbocycles. The molecule has 26 heavy (non-hydrogen) atoms. The summed E-state index contributed by atoms with van der Waals surface area (Å²) in [4.78, 5) is 14.9. The Hall–Kier alpha value is -2.26. The third-order valence-electron chi connectivity index (χ3n) is 4.91. The van der Waals surface area contributed by atoms with E-state index in [-0.39, 0.29) is 12.1 Å². The molecule has 0 aliphatic rings. The summed E-state index contributed by atoms with van der Waals surface area (Å²) in [5.74, 6) is 0. The third-order valence-corrected chi connectivity index (χ3v) is 5.25. The number of hydrogen-bond donors (Lipinski definition) is 1. The molecule has 1 N–H and O–H groups in total. The Morgan fingerprint density at radius 1 is 1.23 bits per heavy atom. The first kappa shape index (κ1) is 20.1. The number of amides is 2. The molecule has 0 spiro atoms.